The Balaban J connectivity index is 2.20. The van der Waals surface area contributed by atoms with Crippen LogP contribution in [0.15, 0.2) is 0 Å². The van der Waals surface area contributed by atoms with Crippen molar-refractivity contribution in [2.75, 3.05) is 19.7 Å². The maximum absolute atomic E-state index is 11.7. The van der Waals surface area contributed by atoms with Crippen molar-refractivity contribution in [2.24, 2.45) is 0 Å². The summed E-state index contributed by atoms with van der Waals surface area (Å²) in [6, 6.07) is 0. The summed E-state index contributed by atoms with van der Waals surface area (Å²) >= 11 is 0. The van der Waals surface area contributed by atoms with Crippen molar-refractivity contribution in [3.8, 4) is 0 Å². The second-order valence-electron chi connectivity index (χ2n) is 5.79. The van der Waals surface area contributed by atoms with Crippen molar-refractivity contribution >= 4 is 5.91 Å². The number of amides is 1. The van der Waals surface area contributed by atoms with Gasteiger partial charge in [-0.1, -0.05) is 6.92 Å². The first-order chi connectivity index (χ1) is 7.87. The van der Waals surface area contributed by atoms with E-state index in [9.17, 15) is 4.79 Å². The molecule has 0 aromatic carbocycles. The molecule has 4 nitrogen and oxygen atoms in total. The predicted octanol–water partition coefficient (Wildman–Crippen LogP) is 1.45. The van der Waals surface area contributed by atoms with E-state index >= 15 is 0 Å². The topological polar surface area (TPSA) is 50.4 Å². The van der Waals surface area contributed by atoms with Gasteiger partial charge in [-0.2, -0.15) is 0 Å². The van der Waals surface area contributed by atoms with Crippen molar-refractivity contribution in [1.82, 2.24) is 10.6 Å². The van der Waals surface area contributed by atoms with Gasteiger partial charge in [0.15, 0.2) is 0 Å². The monoisotopic (exact) mass is 242 g/mol. The van der Waals surface area contributed by atoms with Crippen LogP contribution in [0.2, 0.25) is 0 Å². The summed E-state index contributed by atoms with van der Waals surface area (Å²) in [5.41, 5.74) is -0.201. The Labute approximate surface area is 104 Å². The van der Waals surface area contributed by atoms with Crippen molar-refractivity contribution in [2.45, 2.75) is 58.1 Å². The minimum absolute atomic E-state index is 0.0541. The number of carbonyl (C=O) groups is 1. The zero-order valence-corrected chi connectivity index (χ0v) is 11.6. The molecule has 0 aliphatic carbocycles. The maximum atomic E-state index is 11.7. The molecular weight excluding hydrogens is 216 g/mol. The third-order valence-electron chi connectivity index (χ3n) is 3.45. The first-order valence-electron chi connectivity index (χ1n) is 6.53. The number of ether oxygens (including phenoxy) is 1. The summed E-state index contributed by atoms with van der Waals surface area (Å²) in [5.74, 6) is 0.0541. The van der Waals surface area contributed by atoms with Crippen LogP contribution in [0.3, 0.4) is 0 Å². The van der Waals surface area contributed by atoms with Gasteiger partial charge in [0.2, 0.25) is 5.91 Å². The molecule has 1 atom stereocenters. The number of rotatable bonds is 6. The SMILES string of the molecule is CCC(C)(C)NC(=O)CNCC1(C)CCCO1. The van der Waals surface area contributed by atoms with Crippen LogP contribution in [0.25, 0.3) is 0 Å². The fourth-order valence-electron chi connectivity index (χ4n) is 1.93. The third kappa shape index (κ3) is 5.04. The van der Waals surface area contributed by atoms with Gasteiger partial charge in [0.1, 0.15) is 0 Å². The van der Waals surface area contributed by atoms with Gasteiger partial charge in [-0.05, 0) is 40.0 Å². The van der Waals surface area contributed by atoms with Gasteiger partial charge in [-0.3, -0.25) is 4.79 Å². The van der Waals surface area contributed by atoms with Crippen LogP contribution in [-0.4, -0.2) is 36.7 Å². The summed E-state index contributed by atoms with van der Waals surface area (Å²) in [6.07, 6.45) is 3.12. The smallest absolute Gasteiger partial charge is 0.234 e. The molecule has 1 saturated heterocycles. The van der Waals surface area contributed by atoms with E-state index < -0.39 is 0 Å². The van der Waals surface area contributed by atoms with Crippen molar-refractivity contribution in [3.63, 3.8) is 0 Å². The lowest BCUT2D eigenvalue weighted by Crippen LogP contribution is -2.48. The van der Waals surface area contributed by atoms with E-state index in [1.807, 2.05) is 13.8 Å². The van der Waals surface area contributed by atoms with Gasteiger partial charge in [0.25, 0.3) is 0 Å². The Hall–Kier alpha value is -0.610. The minimum atomic E-state index is -0.119. The Bertz CT molecular complexity index is 258. The van der Waals surface area contributed by atoms with E-state index in [4.69, 9.17) is 4.74 Å². The summed E-state index contributed by atoms with van der Waals surface area (Å²) in [6.45, 7) is 10.2. The molecule has 0 spiro atoms. The largest absolute Gasteiger partial charge is 0.374 e. The lowest BCUT2D eigenvalue weighted by atomic mass is 10.0. The number of hydrogen-bond donors (Lipinski definition) is 2. The highest BCUT2D eigenvalue weighted by Crippen LogP contribution is 2.23. The fourth-order valence-corrected chi connectivity index (χ4v) is 1.93. The average Bonchev–Trinajstić information content (AvgIpc) is 2.64. The highest BCUT2D eigenvalue weighted by Gasteiger charge is 2.29. The average molecular weight is 242 g/mol. The van der Waals surface area contributed by atoms with E-state index in [0.29, 0.717) is 6.54 Å². The molecule has 1 aliphatic heterocycles. The molecule has 0 aromatic heterocycles. The first-order valence-corrected chi connectivity index (χ1v) is 6.53. The number of nitrogens with one attached hydrogen (secondary N) is 2. The molecule has 1 heterocycles. The van der Waals surface area contributed by atoms with Crippen LogP contribution in [0.1, 0.15) is 47.0 Å². The van der Waals surface area contributed by atoms with Crippen molar-refractivity contribution < 1.29 is 9.53 Å². The Kier molecular flexibility index (Phi) is 4.95. The normalized spacial score (nSPS) is 24.9. The van der Waals surface area contributed by atoms with Gasteiger partial charge >= 0.3 is 0 Å². The maximum Gasteiger partial charge on any atom is 0.234 e. The summed E-state index contributed by atoms with van der Waals surface area (Å²) in [7, 11) is 0. The Morgan fingerprint density at radius 3 is 2.71 bits per heavy atom. The Morgan fingerprint density at radius 1 is 1.47 bits per heavy atom. The molecule has 0 bridgehead atoms. The molecule has 4 heteroatoms. The minimum Gasteiger partial charge on any atom is -0.374 e. The first kappa shape index (κ1) is 14.5. The molecule has 0 aromatic rings. The number of carbonyl (C=O) groups excluding carboxylic acids is 1. The van der Waals surface area contributed by atoms with Gasteiger partial charge in [-0.15, -0.1) is 0 Å². The van der Waals surface area contributed by atoms with E-state index in [1.165, 1.54) is 0 Å². The van der Waals surface area contributed by atoms with E-state index in [1.54, 1.807) is 0 Å². The zero-order valence-electron chi connectivity index (χ0n) is 11.6. The summed E-state index contributed by atoms with van der Waals surface area (Å²) < 4.78 is 5.65. The lowest BCUT2D eigenvalue weighted by molar-refractivity contribution is -0.122. The molecule has 1 amide bonds. The molecule has 100 valence electrons. The van der Waals surface area contributed by atoms with Crippen LogP contribution >= 0.6 is 0 Å². The fraction of sp³-hybridized carbons (Fsp3) is 0.923. The molecule has 1 unspecified atom stereocenters. The molecule has 1 fully saturated rings. The second-order valence-corrected chi connectivity index (χ2v) is 5.79. The van der Waals surface area contributed by atoms with Gasteiger partial charge in [0.05, 0.1) is 12.1 Å². The van der Waals surface area contributed by atoms with Gasteiger partial charge < -0.3 is 15.4 Å². The van der Waals surface area contributed by atoms with Gasteiger partial charge in [0, 0.05) is 18.7 Å². The molecule has 1 rings (SSSR count). The highest BCUT2D eigenvalue weighted by atomic mass is 16.5. The molecular formula is C13H26N2O2. The predicted molar refractivity (Wildman–Crippen MR) is 69.0 cm³/mol. The second kappa shape index (κ2) is 5.83. The molecule has 2 N–H and O–H groups in total. The third-order valence-corrected chi connectivity index (χ3v) is 3.45. The lowest BCUT2D eigenvalue weighted by Gasteiger charge is -2.26. The van der Waals surface area contributed by atoms with Crippen LogP contribution in [-0.2, 0) is 9.53 Å². The number of hydrogen-bond acceptors (Lipinski definition) is 3. The highest BCUT2D eigenvalue weighted by molar-refractivity contribution is 5.78. The summed E-state index contributed by atoms with van der Waals surface area (Å²) in [4.78, 5) is 11.7. The van der Waals surface area contributed by atoms with Crippen molar-refractivity contribution in [1.29, 1.82) is 0 Å². The van der Waals surface area contributed by atoms with Crippen LogP contribution in [0, 0.1) is 0 Å². The van der Waals surface area contributed by atoms with Gasteiger partial charge in [-0.25, -0.2) is 0 Å². The summed E-state index contributed by atoms with van der Waals surface area (Å²) in [5, 5.41) is 6.18. The quantitative estimate of drug-likeness (QED) is 0.741. The van der Waals surface area contributed by atoms with E-state index in [-0.39, 0.29) is 17.0 Å². The molecule has 1 aliphatic rings. The zero-order chi connectivity index (χ0) is 12.9. The molecule has 0 saturated carbocycles. The Morgan fingerprint density at radius 2 is 2.18 bits per heavy atom. The molecule has 17 heavy (non-hydrogen) atoms. The van der Waals surface area contributed by atoms with Crippen molar-refractivity contribution in [3.05, 3.63) is 0 Å². The van der Waals surface area contributed by atoms with Crippen LogP contribution < -0.4 is 10.6 Å². The standard InChI is InChI=1S/C13H26N2O2/c1-5-12(2,3)15-11(16)9-14-10-13(4)7-6-8-17-13/h14H,5-10H2,1-4H3,(H,15,16). The van der Waals surface area contributed by atoms with E-state index in [2.05, 4.69) is 24.5 Å². The van der Waals surface area contributed by atoms with E-state index in [0.717, 1.165) is 32.4 Å². The van der Waals surface area contributed by atoms with Crippen LogP contribution in [0.5, 0.6) is 0 Å². The molecule has 0 radical (unpaired) electrons. The van der Waals surface area contributed by atoms with Crippen LogP contribution in [0.4, 0.5) is 0 Å².